The van der Waals surface area contributed by atoms with E-state index in [1.54, 1.807) is 6.08 Å². The summed E-state index contributed by atoms with van der Waals surface area (Å²) in [6, 6.07) is 0. The molecule has 4 aliphatic rings. The van der Waals surface area contributed by atoms with Crippen molar-refractivity contribution in [3.05, 3.63) is 11.6 Å². The first kappa shape index (κ1) is 22.7. The maximum Gasteiger partial charge on any atom is 0.302 e. The molecule has 4 aliphatic carbocycles. The Labute approximate surface area is 186 Å². The number of hydrogen-bond donors (Lipinski definition) is 1. The van der Waals surface area contributed by atoms with Gasteiger partial charge in [-0.25, -0.2) is 0 Å². The minimum Gasteiger partial charge on any atom is -0.462 e. The van der Waals surface area contributed by atoms with Gasteiger partial charge in [0.1, 0.15) is 18.7 Å². The van der Waals surface area contributed by atoms with Gasteiger partial charge in [0.2, 0.25) is 0 Å². The number of carbonyl (C=O) groups is 3. The zero-order valence-electron chi connectivity index (χ0n) is 19.9. The van der Waals surface area contributed by atoms with E-state index in [4.69, 9.17) is 4.74 Å². The topological polar surface area (TPSA) is 80.7 Å². The van der Waals surface area contributed by atoms with Crippen molar-refractivity contribution in [1.29, 1.82) is 0 Å². The number of aldehydes is 2. The second-order valence-corrected chi connectivity index (χ2v) is 12.2. The third kappa shape index (κ3) is 2.62. The van der Waals surface area contributed by atoms with E-state index in [0.29, 0.717) is 24.2 Å². The zero-order chi connectivity index (χ0) is 23.0. The fourth-order valence-electron chi connectivity index (χ4n) is 9.09. The Hall–Kier alpha value is -1.49. The maximum absolute atomic E-state index is 12.5. The fourth-order valence-corrected chi connectivity index (χ4v) is 9.09. The molecule has 0 bridgehead atoms. The van der Waals surface area contributed by atoms with Crippen molar-refractivity contribution in [2.45, 2.75) is 91.8 Å². The fraction of sp³-hybridized carbons (Fsp3) is 0.808. The van der Waals surface area contributed by atoms with Crippen LogP contribution >= 0.6 is 0 Å². The molecule has 0 spiro atoms. The van der Waals surface area contributed by atoms with E-state index in [-0.39, 0.29) is 16.7 Å². The van der Waals surface area contributed by atoms with Crippen molar-refractivity contribution in [3.63, 3.8) is 0 Å². The van der Waals surface area contributed by atoms with Gasteiger partial charge in [0.15, 0.2) is 0 Å². The molecule has 0 aliphatic heterocycles. The minimum atomic E-state index is -1.40. The van der Waals surface area contributed by atoms with Crippen LogP contribution in [-0.2, 0) is 19.1 Å². The average Bonchev–Trinajstić information content (AvgIpc) is 2.91. The summed E-state index contributed by atoms with van der Waals surface area (Å²) in [4.78, 5) is 36.2. The summed E-state index contributed by atoms with van der Waals surface area (Å²) < 4.78 is 5.86. The molecule has 3 saturated carbocycles. The van der Waals surface area contributed by atoms with Crippen LogP contribution in [0.3, 0.4) is 0 Å². The van der Waals surface area contributed by atoms with Gasteiger partial charge in [-0.15, -0.1) is 0 Å². The Morgan fingerprint density at radius 3 is 2.35 bits per heavy atom. The first-order valence-corrected chi connectivity index (χ1v) is 11.8. The highest BCUT2D eigenvalue weighted by Gasteiger charge is 2.76. The lowest BCUT2D eigenvalue weighted by Gasteiger charge is -2.70. The molecule has 172 valence electrons. The van der Waals surface area contributed by atoms with Crippen LogP contribution in [0.4, 0.5) is 0 Å². The van der Waals surface area contributed by atoms with Crippen molar-refractivity contribution in [2.24, 2.45) is 39.4 Å². The van der Waals surface area contributed by atoms with E-state index in [1.165, 1.54) is 13.3 Å². The molecule has 5 nitrogen and oxygen atoms in total. The molecule has 0 saturated heterocycles. The van der Waals surface area contributed by atoms with Gasteiger partial charge in [0.25, 0.3) is 0 Å². The number of esters is 1. The van der Waals surface area contributed by atoms with Crippen molar-refractivity contribution >= 4 is 18.5 Å². The van der Waals surface area contributed by atoms with Crippen molar-refractivity contribution in [2.75, 3.05) is 0 Å². The molecule has 5 heteroatoms. The Kier molecular flexibility index (Phi) is 4.95. The van der Waals surface area contributed by atoms with Crippen LogP contribution in [0.25, 0.3) is 0 Å². The summed E-state index contributed by atoms with van der Waals surface area (Å²) in [5.74, 6) is -0.556. The Balaban J connectivity index is 1.92. The van der Waals surface area contributed by atoms with Crippen molar-refractivity contribution in [3.8, 4) is 0 Å². The second-order valence-electron chi connectivity index (χ2n) is 12.2. The Bertz CT molecular complexity index is 845. The van der Waals surface area contributed by atoms with Gasteiger partial charge in [-0.2, -0.15) is 0 Å². The van der Waals surface area contributed by atoms with Crippen LogP contribution < -0.4 is 0 Å². The normalized spacial score (nSPS) is 50.4. The van der Waals surface area contributed by atoms with Gasteiger partial charge >= 0.3 is 5.97 Å². The van der Waals surface area contributed by atoms with Crippen molar-refractivity contribution in [1.82, 2.24) is 0 Å². The summed E-state index contributed by atoms with van der Waals surface area (Å²) in [5.41, 5.74) is -2.44. The third-order valence-corrected chi connectivity index (χ3v) is 10.6. The van der Waals surface area contributed by atoms with E-state index in [1.807, 2.05) is 6.92 Å². The number of hydrogen-bond acceptors (Lipinski definition) is 5. The highest BCUT2D eigenvalue weighted by atomic mass is 16.5. The zero-order valence-corrected chi connectivity index (χ0v) is 19.9. The van der Waals surface area contributed by atoms with E-state index >= 15 is 0 Å². The smallest absolute Gasteiger partial charge is 0.302 e. The molecule has 31 heavy (non-hydrogen) atoms. The molecular formula is C26H38O5. The lowest BCUT2D eigenvalue weighted by atomic mass is 9.35. The van der Waals surface area contributed by atoms with Crippen LogP contribution in [0.15, 0.2) is 11.6 Å². The summed E-state index contributed by atoms with van der Waals surface area (Å²) in [5, 5.41) is 12.5. The first-order valence-electron chi connectivity index (χ1n) is 11.8. The number of fused-ring (bicyclic) bond motifs is 5. The molecule has 0 aromatic heterocycles. The standard InChI is InChI=1S/C26H38O5/c1-16(29)31-21-12-20-23(4)10-7-9-22(2,3)19(23)8-11-24(20,5)26(30)13-17(14-27)18(15-28)25(21,26)6/h13-15,18-21,30H,7-12H2,1-6H3/t18-,19-,20+,21+,23-,24+,25-,26+/m0/s1. The van der Waals surface area contributed by atoms with Gasteiger partial charge in [0, 0.05) is 17.9 Å². The van der Waals surface area contributed by atoms with E-state index in [0.717, 1.165) is 32.0 Å². The Morgan fingerprint density at radius 1 is 1.10 bits per heavy atom. The monoisotopic (exact) mass is 430 g/mol. The molecule has 0 heterocycles. The maximum atomic E-state index is 12.5. The minimum absolute atomic E-state index is 0.00133. The molecule has 0 aromatic rings. The highest BCUT2D eigenvalue weighted by Crippen LogP contribution is 2.74. The molecule has 8 atom stereocenters. The lowest BCUT2D eigenvalue weighted by Crippen LogP contribution is -2.72. The molecule has 4 rings (SSSR count). The molecule has 1 N–H and O–H groups in total. The van der Waals surface area contributed by atoms with Crippen LogP contribution in [0.2, 0.25) is 0 Å². The number of allylic oxidation sites excluding steroid dienone is 1. The number of carbonyl (C=O) groups excluding carboxylic acids is 3. The molecule has 0 radical (unpaired) electrons. The number of aliphatic hydroxyl groups is 1. The number of ether oxygens (including phenoxy) is 1. The quantitative estimate of drug-likeness (QED) is 0.534. The van der Waals surface area contributed by atoms with E-state index in [9.17, 15) is 19.5 Å². The predicted octanol–water partition coefficient (Wildman–Crippen LogP) is 4.26. The van der Waals surface area contributed by atoms with Gasteiger partial charge in [-0.05, 0) is 60.8 Å². The van der Waals surface area contributed by atoms with Crippen LogP contribution in [-0.4, -0.2) is 35.4 Å². The van der Waals surface area contributed by atoms with Crippen LogP contribution in [0.1, 0.15) is 80.1 Å². The third-order valence-electron chi connectivity index (χ3n) is 10.6. The van der Waals surface area contributed by atoms with Crippen LogP contribution in [0, 0.1) is 39.4 Å². The van der Waals surface area contributed by atoms with E-state index < -0.39 is 34.4 Å². The van der Waals surface area contributed by atoms with E-state index in [2.05, 4.69) is 27.7 Å². The lowest BCUT2D eigenvalue weighted by molar-refractivity contribution is -0.281. The summed E-state index contributed by atoms with van der Waals surface area (Å²) in [6.45, 7) is 12.5. The van der Waals surface area contributed by atoms with Crippen molar-refractivity contribution < 1.29 is 24.2 Å². The van der Waals surface area contributed by atoms with Gasteiger partial charge in [-0.1, -0.05) is 41.0 Å². The predicted molar refractivity (Wildman–Crippen MR) is 117 cm³/mol. The molecule has 0 unspecified atom stereocenters. The summed E-state index contributed by atoms with van der Waals surface area (Å²) >= 11 is 0. The molecule has 0 aromatic carbocycles. The summed E-state index contributed by atoms with van der Waals surface area (Å²) in [6.07, 6.45) is 8.37. The van der Waals surface area contributed by atoms with Gasteiger partial charge in [-0.3, -0.25) is 9.59 Å². The molecule has 0 amide bonds. The summed E-state index contributed by atoms with van der Waals surface area (Å²) in [7, 11) is 0. The first-order chi connectivity index (χ1) is 14.3. The number of rotatable bonds is 3. The molecular weight excluding hydrogens is 392 g/mol. The van der Waals surface area contributed by atoms with Gasteiger partial charge in [0.05, 0.1) is 16.9 Å². The van der Waals surface area contributed by atoms with Gasteiger partial charge < -0.3 is 14.6 Å². The van der Waals surface area contributed by atoms with Crippen LogP contribution in [0.5, 0.6) is 0 Å². The average molecular weight is 431 g/mol. The SMILES string of the molecule is CC(=O)O[C@@H]1C[C@@H]2[C@@]3(C)CCCC(C)(C)[C@@H]3CC[C@@]2(C)[C@]2(O)C=C(C=O)[C@H](C=O)[C@@]12C. The second kappa shape index (κ2) is 6.76. The largest absolute Gasteiger partial charge is 0.462 e. The Morgan fingerprint density at radius 2 is 1.77 bits per heavy atom. The highest BCUT2D eigenvalue weighted by molar-refractivity contribution is 5.84. The molecule has 3 fully saturated rings.